The van der Waals surface area contributed by atoms with E-state index in [0.717, 1.165) is 12.8 Å². The van der Waals surface area contributed by atoms with E-state index in [2.05, 4.69) is 60.7 Å². The average molecular weight is 254 g/mol. The van der Waals surface area contributed by atoms with Gasteiger partial charge in [0.05, 0.1) is 0 Å². The molecule has 0 fully saturated rings. The van der Waals surface area contributed by atoms with Gasteiger partial charge < -0.3 is 0 Å². The summed E-state index contributed by atoms with van der Waals surface area (Å²) in [4.78, 5) is 0. The number of rotatable bonds is 0. The van der Waals surface area contributed by atoms with Gasteiger partial charge in [0.25, 0.3) is 0 Å². The molecule has 20 heavy (non-hydrogen) atoms. The van der Waals surface area contributed by atoms with Crippen molar-refractivity contribution in [2.24, 2.45) is 0 Å². The minimum atomic E-state index is 1.09. The molecule has 0 aliphatic heterocycles. The molecule has 0 atom stereocenters. The summed E-state index contributed by atoms with van der Waals surface area (Å²) < 4.78 is 0. The fraction of sp³-hybridized carbons (Fsp3) is 0.100. The van der Waals surface area contributed by atoms with Gasteiger partial charge in [-0.2, -0.15) is 0 Å². The number of allylic oxidation sites excluding steroid dienone is 1. The Morgan fingerprint density at radius 2 is 1.55 bits per heavy atom. The van der Waals surface area contributed by atoms with Gasteiger partial charge in [-0.15, -0.1) is 0 Å². The molecule has 0 amide bonds. The minimum absolute atomic E-state index is 1.09. The molecule has 0 bridgehead atoms. The highest BCUT2D eigenvalue weighted by atomic mass is 14.3. The smallest absolute Gasteiger partial charge is 0.00102 e. The van der Waals surface area contributed by atoms with Crippen LogP contribution in [0.5, 0.6) is 0 Å². The van der Waals surface area contributed by atoms with Crippen LogP contribution >= 0.6 is 0 Å². The first-order valence-corrected chi connectivity index (χ1v) is 7.25. The van der Waals surface area contributed by atoms with E-state index >= 15 is 0 Å². The molecule has 2 aliphatic rings. The molecule has 0 N–H and O–H groups in total. The van der Waals surface area contributed by atoms with Gasteiger partial charge in [0.15, 0.2) is 0 Å². The van der Waals surface area contributed by atoms with Crippen molar-refractivity contribution in [1.82, 2.24) is 0 Å². The fourth-order valence-electron chi connectivity index (χ4n) is 3.90. The maximum atomic E-state index is 2.31. The lowest BCUT2D eigenvalue weighted by Gasteiger charge is -2.13. The highest BCUT2D eigenvalue weighted by Gasteiger charge is 2.26. The SMILES string of the molecule is C1=Cc2c(c3c(c4ccccc24)-c2ccccc2C3)C1. The Morgan fingerprint density at radius 3 is 2.50 bits per heavy atom. The molecule has 0 saturated heterocycles. The first-order chi connectivity index (χ1) is 9.93. The second-order valence-electron chi connectivity index (χ2n) is 5.73. The van der Waals surface area contributed by atoms with Crippen molar-refractivity contribution in [1.29, 1.82) is 0 Å². The van der Waals surface area contributed by atoms with Crippen molar-refractivity contribution in [3.8, 4) is 11.1 Å². The molecule has 0 heterocycles. The van der Waals surface area contributed by atoms with E-state index in [1.54, 1.807) is 11.1 Å². The lowest BCUT2D eigenvalue weighted by atomic mass is 9.90. The summed E-state index contributed by atoms with van der Waals surface area (Å²) in [5, 5.41) is 2.82. The molecule has 0 heteroatoms. The average Bonchev–Trinajstić information content (AvgIpc) is 3.12. The summed E-state index contributed by atoms with van der Waals surface area (Å²) in [6, 6.07) is 17.7. The molecule has 0 unspecified atom stereocenters. The summed E-state index contributed by atoms with van der Waals surface area (Å²) in [5.74, 6) is 0. The molecular formula is C20H14. The summed E-state index contributed by atoms with van der Waals surface area (Å²) >= 11 is 0. The lowest BCUT2D eigenvalue weighted by Crippen LogP contribution is -1.94. The van der Waals surface area contributed by atoms with Crippen LogP contribution in [0.2, 0.25) is 0 Å². The van der Waals surface area contributed by atoms with Gasteiger partial charge in [-0.05, 0) is 57.0 Å². The van der Waals surface area contributed by atoms with Crippen LogP contribution < -0.4 is 0 Å². The van der Waals surface area contributed by atoms with Crippen LogP contribution in [-0.2, 0) is 12.8 Å². The highest BCUT2D eigenvalue weighted by Crippen LogP contribution is 2.46. The molecule has 94 valence electrons. The quantitative estimate of drug-likeness (QED) is 0.415. The minimum Gasteiger partial charge on any atom is -0.0795 e. The number of hydrogen-bond donors (Lipinski definition) is 0. The van der Waals surface area contributed by atoms with Crippen LogP contribution in [0.25, 0.3) is 28.0 Å². The first-order valence-electron chi connectivity index (χ1n) is 7.25. The summed E-state index contributed by atoms with van der Waals surface area (Å²) in [5.41, 5.74) is 8.96. The van der Waals surface area contributed by atoms with Crippen LogP contribution in [-0.4, -0.2) is 0 Å². The third-order valence-corrected chi connectivity index (χ3v) is 4.74. The monoisotopic (exact) mass is 254 g/mol. The van der Waals surface area contributed by atoms with E-state index in [1.807, 2.05) is 0 Å². The Morgan fingerprint density at radius 1 is 0.750 bits per heavy atom. The van der Waals surface area contributed by atoms with Gasteiger partial charge in [0.2, 0.25) is 0 Å². The summed E-state index contributed by atoms with van der Waals surface area (Å²) in [6.45, 7) is 0. The van der Waals surface area contributed by atoms with Gasteiger partial charge in [-0.25, -0.2) is 0 Å². The topological polar surface area (TPSA) is 0 Å². The van der Waals surface area contributed by atoms with Crippen molar-refractivity contribution in [3.63, 3.8) is 0 Å². The summed E-state index contributed by atoms with van der Waals surface area (Å²) in [6.07, 6.45) is 6.80. The largest absolute Gasteiger partial charge is 0.0795 e. The number of benzene rings is 3. The van der Waals surface area contributed by atoms with Crippen LogP contribution in [0, 0.1) is 0 Å². The van der Waals surface area contributed by atoms with Crippen molar-refractivity contribution in [2.75, 3.05) is 0 Å². The second-order valence-corrected chi connectivity index (χ2v) is 5.73. The Bertz CT molecular complexity index is 897. The fourth-order valence-corrected chi connectivity index (χ4v) is 3.90. The van der Waals surface area contributed by atoms with E-state index in [4.69, 9.17) is 0 Å². The molecule has 2 aliphatic carbocycles. The molecule has 0 spiro atoms. The van der Waals surface area contributed by atoms with E-state index in [9.17, 15) is 0 Å². The Balaban J connectivity index is 2.01. The van der Waals surface area contributed by atoms with Crippen LogP contribution in [0.4, 0.5) is 0 Å². The zero-order valence-electron chi connectivity index (χ0n) is 11.2. The Kier molecular flexibility index (Phi) is 1.88. The van der Waals surface area contributed by atoms with Crippen molar-refractivity contribution in [2.45, 2.75) is 12.8 Å². The molecule has 0 saturated carbocycles. The molecule has 3 aromatic carbocycles. The second kappa shape index (κ2) is 3.61. The maximum absolute atomic E-state index is 2.31. The zero-order valence-corrected chi connectivity index (χ0v) is 11.2. The van der Waals surface area contributed by atoms with Crippen molar-refractivity contribution in [3.05, 3.63) is 76.9 Å². The van der Waals surface area contributed by atoms with Gasteiger partial charge in [-0.1, -0.05) is 60.7 Å². The van der Waals surface area contributed by atoms with E-state index in [1.165, 1.54) is 33.0 Å². The van der Waals surface area contributed by atoms with E-state index in [0.29, 0.717) is 0 Å². The van der Waals surface area contributed by atoms with Crippen LogP contribution in [0.3, 0.4) is 0 Å². The number of hydrogen-bond acceptors (Lipinski definition) is 0. The third-order valence-electron chi connectivity index (χ3n) is 4.74. The predicted molar refractivity (Wildman–Crippen MR) is 84.9 cm³/mol. The molecule has 5 rings (SSSR count). The molecule has 0 nitrogen and oxygen atoms in total. The van der Waals surface area contributed by atoms with Gasteiger partial charge in [0.1, 0.15) is 0 Å². The van der Waals surface area contributed by atoms with Crippen LogP contribution in [0.1, 0.15) is 22.3 Å². The predicted octanol–water partition coefficient (Wildman–Crippen LogP) is 4.98. The normalized spacial score (nSPS) is 14.4. The first kappa shape index (κ1) is 10.4. The van der Waals surface area contributed by atoms with Crippen LogP contribution in [0.15, 0.2) is 54.6 Å². The zero-order chi connectivity index (χ0) is 13.1. The number of fused-ring (bicyclic) bond motifs is 8. The van der Waals surface area contributed by atoms with Crippen molar-refractivity contribution < 1.29 is 0 Å². The highest BCUT2D eigenvalue weighted by molar-refractivity contribution is 6.06. The van der Waals surface area contributed by atoms with E-state index < -0.39 is 0 Å². The third kappa shape index (κ3) is 1.17. The van der Waals surface area contributed by atoms with Crippen molar-refractivity contribution >= 4 is 16.8 Å². The standard InChI is InChI=1S/C20H14/c1-2-7-14-13(6-1)12-19-17-11-5-10-15(17)16-8-3-4-9-18(16)20(14)19/h1-10H,11-12H2. The molecule has 3 aromatic rings. The maximum Gasteiger partial charge on any atom is -0.00102 e. The lowest BCUT2D eigenvalue weighted by molar-refractivity contribution is 1.18. The van der Waals surface area contributed by atoms with E-state index in [-0.39, 0.29) is 0 Å². The van der Waals surface area contributed by atoms with Gasteiger partial charge in [-0.3, -0.25) is 0 Å². The van der Waals surface area contributed by atoms with Gasteiger partial charge >= 0.3 is 0 Å². The molecule has 0 radical (unpaired) electrons. The Hall–Kier alpha value is -2.34. The summed E-state index contributed by atoms with van der Waals surface area (Å²) in [7, 11) is 0. The Labute approximate surface area is 118 Å². The van der Waals surface area contributed by atoms with Gasteiger partial charge in [0, 0.05) is 0 Å². The molecule has 0 aromatic heterocycles. The molecular weight excluding hydrogens is 240 g/mol.